The zero-order chi connectivity index (χ0) is 10.8. The average molecular weight is 206 g/mol. The number of rotatable bonds is 1. The molecular weight excluding hydrogens is 196 g/mol. The highest BCUT2D eigenvalue weighted by Crippen LogP contribution is 2.19. The molecule has 1 fully saturated rings. The molecule has 1 aliphatic rings. The SMILES string of the molecule is COC1(O)OC(=O)CCC(=O)OC1O. The maximum Gasteiger partial charge on any atom is 0.392 e. The topological polar surface area (TPSA) is 102 Å². The summed E-state index contributed by atoms with van der Waals surface area (Å²) in [6, 6.07) is 0. The minimum atomic E-state index is -2.63. The summed E-state index contributed by atoms with van der Waals surface area (Å²) in [6.45, 7) is 0. The van der Waals surface area contributed by atoms with Crippen molar-refractivity contribution >= 4 is 11.9 Å². The van der Waals surface area contributed by atoms with Crippen molar-refractivity contribution < 1.29 is 34.0 Å². The molecule has 14 heavy (non-hydrogen) atoms. The lowest BCUT2D eigenvalue weighted by atomic mass is 10.3. The molecule has 1 aliphatic heterocycles. The number of aliphatic hydroxyl groups is 2. The Labute approximate surface area is 79.2 Å². The van der Waals surface area contributed by atoms with Crippen LogP contribution in [0.15, 0.2) is 0 Å². The second kappa shape index (κ2) is 3.91. The van der Waals surface area contributed by atoms with Gasteiger partial charge in [0.2, 0.25) is 0 Å². The highest BCUT2D eigenvalue weighted by atomic mass is 16.9. The monoisotopic (exact) mass is 206 g/mol. The van der Waals surface area contributed by atoms with Crippen LogP contribution in [-0.4, -0.2) is 41.5 Å². The van der Waals surface area contributed by atoms with Gasteiger partial charge in [-0.25, -0.2) is 0 Å². The lowest BCUT2D eigenvalue weighted by Gasteiger charge is -2.30. The number of hydrogen-bond acceptors (Lipinski definition) is 7. The fourth-order valence-corrected chi connectivity index (χ4v) is 0.869. The van der Waals surface area contributed by atoms with Crippen LogP contribution in [0.4, 0.5) is 0 Å². The predicted molar refractivity (Wildman–Crippen MR) is 39.4 cm³/mol. The van der Waals surface area contributed by atoms with Crippen molar-refractivity contribution in [3.8, 4) is 0 Å². The highest BCUT2D eigenvalue weighted by Gasteiger charge is 2.45. The molecule has 7 nitrogen and oxygen atoms in total. The quantitative estimate of drug-likeness (QED) is 0.396. The summed E-state index contributed by atoms with van der Waals surface area (Å²) in [4.78, 5) is 21.8. The van der Waals surface area contributed by atoms with Crippen molar-refractivity contribution in [2.24, 2.45) is 0 Å². The lowest BCUT2D eigenvalue weighted by molar-refractivity contribution is -0.408. The number of carbonyl (C=O) groups is 2. The molecule has 1 heterocycles. The fourth-order valence-electron chi connectivity index (χ4n) is 0.869. The number of methoxy groups -OCH3 is 1. The van der Waals surface area contributed by atoms with Crippen LogP contribution in [0.1, 0.15) is 12.8 Å². The van der Waals surface area contributed by atoms with E-state index in [1.807, 2.05) is 0 Å². The van der Waals surface area contributed by atoms with Gasteiger partial charge in [0, 0.05) is 7.11 Å². The highest BCUT2D eigenvalue weighted by molar-refractivity contribution is 5.78. The predicted octanol–water partition coefficient (Wildman–Crippen LogP) is -1.52. The molecular formula is C7H10O7. The molecule has 0 aromatic rings. The average Bonchev–Trinajstić information content (AvgIpc) is 2.13. The summed E-state index contributed by atoms with van der Waals surface area (Å²) >= 11 is 0. The van der Waals surface area contributed by atoms with Gasteiger partial charge in [0.25, 0.3) is 6.29 Å². The number of ether oxygens (including phenoxy) is 3. The first kappa shape index (κ1) is 10.9. The van der Waals surface area contributed by atoms with Gasteiger partial charge < -0.3 is 24.4 Å². The van der Waals surface area contributed by atoms with E-state index in [4.69, 9.17) is 5.11 Å². The minimum absolute atomic E-state index is 0.213. The van der Waals surface area contributed by atoms with Crippen LogP contribution in [0, 0.1) is 0 Å². The summed E-state index contributed by atoms with van der Waals surface area (Å²) in [5.41, 5.74) is 0. The third-order valence-corrected chi connectivity index (χ3v) is 1.64. The molecule has 2 N–H and O–H groups in total. The smallest absolute Gasteiger partial charge is 0.392 e. The molecule has 2 unspecified atom stereocenters. The molecule has 2 atom stereocenters. The Morgan fingerprint density at radius 2 is 2.00 bits per heavy atom. The van der Waals surface area contributed by atoms with Crippen molar-refractivity contribution in [3.05, 3.63) is 0 Å². The third-order valence-electron chi connectivity index (χ3n) is 1.64. The fraction of sp³-hybridized carbons (Fsp3) is 0.714. The van der Waals surface area contributed by atoms with Crippen LogP contribution in [0.2, 0.25) is 0 Å². The van der Waals surface area contributed by atoms with Crippen LogP contribution in [0.25, 0.3) is 0 Å². The first-order chi connectivity index (χ1) is 6.48. The summed E-state index contributed by atoms with van der Waals surface area (Å²) in [6.07, 6.45) is -2.50. The van der Waals surface area contributed by atoms with Crippen molar-refractivity contribution in [1.29, 1.82) is 0 Å². The molecule has 7 heteroatoms. The third kappa shape index (κ3) is 2.19. The molecule has 0 saturated carbocycles. The maximum atomic E-state index is 10.9. The molecule has 0 aliphatic carbocycles. The lowest BCUT2D eigenvalue weighted by Crippen LogP contribution is -2.51. The number of cyclic esters (lactones) is 2. The Hall–Kier alpha value is -1.18. The minimum Gasteiger partial charge on any atom is -0.425 e. The molecule has 0 spiro atoms. The van der Waals surface area contributed by atoms with Crippen LogP contribution < -0.4 is 0 Å². The van der Waals surface area contributed by atoms with E-state index in [-0.39, 0.29) is 12.8 Å². The Morgan fingerprint density at radius 1 is 1.43 bits per heavy atom. The maximum absolute atomic E-state index is 10.9. The van der Waals surface area contributed by atoms with Gasteiger partial charge in [0.05, 0.1) is 12.8 Å². The number of carbonyl (C=O) groups excluding carboxylic acids is 2. The number of esters is 2. The van der Waals surface area contributed by atoms with Gasteiger partial charge in [-0.1, -0.05) is 0 Å². The summed E-state index contributed by atoms with van der Waals surface area (Å²) in [7, 11) is 0.992. The summed E-state index contributed by atoms with van der Waals surface area (Å²) < 4.78 is 13.0. The van der Waals surface area contributed by atoms with Crippen LogP contribution in [0.3, 0.4) is 0 Å². The van der Waals surface area contributed by atoms with E-state index < -0.39 is 24.2 Å². The van der Waals surface area contributed by atoms with E-state index in [0.717, 1.165) is 7.11 Å². The van der Waals surface area contributed by atoms with Crippen LogP contribution >= 0.6 is 0 Å². The summed E-state index contributed by atoms with van der Waals surface area (Å²) in [5, 5.41) is 18.5. The van der Waals surface area contributed by atoms with Crippen molar-refractivity contribution in [2.45, 2.75) is 25.1 Å². The normalized spacial score (nSPS) is 34.1. The zero-order valence-electron chi connectivity index (χ0n) is 7.43. The van der Waals surface area contributed by atoms with Crippen LogP contribution in [0.5, 0.6) is 0 Å². The van der Waals surface area contributed by atoms with Gasteiger partial charge in [-0.15, -0.1) is 0 Å². The van der Waals surface area contributed by atoms with Crippen molar-refractivity contribution in [2.75, 3.05) is 7.11 Å². The Morgan fingerprint density at radius 3 is 2.57 bits per heavy atom. The molecule has 0 amide bonds. The van der Waals surface area contributed by atoms with E-state index in [0.29, 0.717) is 0 Å². The standard InChI is InChI=1S/C7H10O7/c1-12-7(11)6(10)13-4(8)2-3-5(9)14-7/h6,10-11H,2-3H2,1H3. The van der Waals surface area contributed by atoms with E-state index in [1.54, 1.807) is 0 Å². The molecule has 0 aromatic heterocycles. The molecule has 1 saturated heterocycles. The zero-order valence-corrected chi connectivity index (χ0v) is 7.43. The van der Waals surface area contributed by atoms with Gasteiger partial charge in [0.1, 0.15) is 0 Å². The van der Waals surface area contributed by atoms with Gasteiger partial charge >= 0.3 is 17.9 Å². The molecule has 1 rings (SSSR count). The Balaban J connectivity index is 2.82. The van der Waals surface area contributed by atoms with Crippen molar-refractivity contribution in [1.82, 2.24) is 0 Å². The number of aliphatic hydroxyl groups excluding tert-OH is 1. The first-order valence-electron chi connectivity index (χ1n) is 3.85. The Bertz CT molecular complexity index is 250. The van der Waals surface area contributed by atoms with E-state index in [2.05, 4.69) is 14.2 Å². The Kier molecular flexibility index (Phi) is 3.04. The molecule has 0 radical (unpaired) electrons. The molecule has 0 bridgehead atoms. The number of hydrogen-bond donors (Lipinski definition) is 2. The summed E-state index contributed by atoms with van der Waals surface area (Å²) in [5.74, 6) is -4.30. The van der Waals surface area contributed by atoms with E-state index >= 15 is 0 Å². The van der Waals surface area contributed by atoms with Gasteiger partial charge in [-0.05, 0) is 0 Å². The second-order valence-corrected chi connectivity index (χ2v) is 2.65. The van der Waals surface area contributed by atoms with Crippen LogP contribution in [-0.2, 0) is 23.8 Å². The van der Waals surface area contributed by atoms with E-state index in [1.165, 1.54) is 0 Å². The molecule has 80 valence electrons. The second-order valence-electron chi connectivity index (χ2n) is 2.65. The van der Waals surface area contributed by atoms with Gasteiger partial charge in [-0.3, -0.25) is 9.59 Å². The van der Waals surface area contributed by atoms with E-state index in [9.17, 15) is 14.7 Å². The molecule has 0 aromatic carbocycles. The first-order valence-corrected chi connectivity index (χ1v) is 3.85. The largest absolute Gasteiger partial charge is 0.425 e. The van der Waals surface area contributed by atoms with Gasteiger partial charge in [0.15, 0.2) is 0 Å². The van der Waals surface area contributed by atoms with Gasteiger partial charge in [-0.2, -0.15) is 0 Å². The van der Waals surface area contributed by atoms with Crippen molar-refractivity contribution in [3.63, 3.8) is 0 Å².